The second kappa shape index (κ2) is 18.2. The number of para-hydroxylation sites is 8. The highest BCUT2D eigenvalue weighted by Crippen LogP contribution is 2.52. The van der Waals surface area contributed by atoms with Crippen molar-refractivity contribution >= 4 is 109 Å². The predicted octanol–water partition coefficient (Wildman–Crippen LogP) is 20.4. The predicted molar refractivity (Wildman–Crippen MR) is 354 cm³/mol. The molecule has 5 aromatic heterocycles. The molecule has 18 rings (SSSR count). The van der Waals surface area contributed by atoms with Crippen molar-refractivity contribution in [3.63, 3.8) is 0 Å². The van der Waals surface area contributed by atoms with Gasteiger partial charge >= 0.3 is 0 Å². The number of nitriles is 1. The van der Waals surface area contributed by atoms with Crippen LogP contribution < -0.4 is 0 Å². The van der Waals surface area contributed by atoms with Gasteiger partial charge in [0.25, 0.3) is 0 Å². The molecule has 0 atom stereocenters. The summed E-state index contributed by atoms with van der Waals surface area (Å²) in [6, 6.07) is 109. The van der Waals surface area contributed by atoms with Gasteiger partial charge in [0.05, 0.1) is 83.6 Å². The Morgan fingerprint density at radius 3 is 0.671 bits per heavy atom. The van der Waals surface area contributed by atoms with Crippen molar-refractivity contribution in [1.82, 2.24) is 22.8 Å². The van der Waals surface area contributed by atoms with E-state index in [0.29, 0.717) is 5.56 Å². The van der Waals surface area contributed by atoms with E-state index in [0.717, 1.165) is 160 Å². The van der Waals surface area contributed by atoms with E-state index in [2.05, 4.69) is 320 Å². The molecule has 0 N–H and O–H groups in total. The molecule has 0 saturated carbocycles. The third-order valence-corrected chi connectivity index (χ3v) is 17.9. The number of hydrogen-bond donors (Lipinski definition) is 0. The molecule has 0 unspecified atom stereocenters. The Labute approximate surface area is 488 Å². The van der Waals surface area contributed by atoms with Gasteiger partial charge in [-0.1, -0.05) is 231 Å². The van der Waals surface area contributed by atoms with E-state index in [4.69, 9.17) is 0 Å². The molecule has 85 heavy (non-hydrogen) atoms. The van der Waals surface area contributed by atoms with E-state index >= 15 is 0 Å². The van der Waals surface area contributed by atoms with Gasteiger partial charge in [0.1, 0.15) is 11.6 Å². The quantitative estimate of drug-likeness (QED) is 0.157. The van der Waals surface area contributed by atoms with E-state index in [1.807, 2.05) is 0 Å². The molecule has 0 amide bonds. The lowest BCUT2D eigenvalue weighted by atomic mass is 10.0. The van der Waals surface area contributed by atoms with Crippen molar-refractivity contribution in [2.75, 3.05) is 0 Å². The smallest absolute Gasteiger partial charge is 0.105 e. The van der Waals surface area contributed by atoms with Gasteiger partial charge in [-0.05, 0) is 82.9 Å². The number of fused-ring (bicyclic) bond motifs is 15. The highest BCUT2D eigenvalue weighted by Gasteiger charge is 2.36. The molecule has 394 valence electrons. The second-order valence-corrected chi connectivity index (χ2v) is 22.2. The van der Waals surface area contributed by atoms with Crippen LogP contribution >= 0.6 is 0 Å². The first-order valence-corrected chi connectivity index (χ1v) is 29.0. The lowest BCUT2D eigenvalue weighted by molar-refractivity contribution is 0.992. The largest absolute Gasteiger partial charge is 0.306 e. The van der Waals surface area contributed by atoms with Gasteiger partial charge in [-0.25, -0.2) is 0 Å². The van der Waals surface area contributed by atoms with E-state index in [1.165, 1.54) is 0 Å². The Hall–Kier alpha value is -11.7. The second-order valence-electron chi connectivity index (χ2n) is 22.2. The summed E-state index contributed by atoms with van der Waals surface area (Å²) in [5, 5.41) is 24.2. The van der Waals surface area contributed by atoms with E-state index < -0.39 is 0 Å². The van der Waals surface area contributed by atoms with Crippen LogP contribution in [0.25, 0.3) is 160 Å². The Morgan fingerprint density at radius 1 is 0.188 bits per heavy atom. The van der Waals surface area contributed by atoms with Crippen LogP contribution in [-0.2, 0) is 0 Å². The van der Waals surface area contributed by atoms with Gasteiger partial charge in [0.2, 0.25) is 0 Å². The maximum Gasteiger partial charge on any atom is 0.105 e. The first-order valence-electron chi connectivity index (χ1n) is 29.0. The SMILES string of the molecule is N#Cc1c(-n2c3ccccc3c3ccccc32)c(-n2c3ccccc3c3ccccc32)c(-n2c3cc(-c4ccccc4)ccc3c3ccc(-c4ccccc4)cc32)c(-n2c3ccccc3c3ccccc32)c1-n1c2ccccc2c2ccccc21. The van der Waals surface area contributed by atoms with Crippen molar-refractivity contribution in [2.24, 2.45) is 0 Å². The summed E-state index contributed by atoms with van der Waals surface area (Å²) in [7, 11) is 0. The van der Waals surface area contributed by atoms with Gasteiger partial charge in [-0.2, -0.15) is 5.26 Å². The lowest BCUT2D eigenvalue weighted by Gasteiger charge is -2.30. The van der Waals surface area contributed by atoms with E-state index in [9.17, 15) is 5.26 Å². The molecular formula is C79H48N6. The molecule has 6 heteroatoms. The summed E-state index contributed by atoms with van der Waals surface area (Å²) in [5.74, 6) is 0. The monoisotopic (exact) mass is 1080 g/mol. The first kappa shape index (κ1) is 47.0. The molecular weight excluding hydrogens is 1030 g/mol. The van der Waals surface area contributed by atoms with Crippen molar-refractivity contribution in [1.29, 1.82) is 5.26 Å². The standard InChI is InChI=1S/C79H48N6/c80-49-64-75(81-65-35-15-7-27-54(65)55-28-8-16-36-66(55)81)77(83-69-39-19-11-31-58(69)59-32-12-20-40-70(59)83)79(85-73-47-52(50-23-3-1-4-24-50)43-45-62(73)63-46-44-53(48-74(63)85)51-25-5-2-6-26-51)78(84-71-41-21-13-33-60(71)61-34-14-22-42-72(61)84)76(64)82-67-37-17-9-29-56(67)57-30-10-18-38-68(57)82/h1-48H. The zero-order valence-corrected chi connectivity index (χ0v) is 45.9. The molecule has 0 aliphatic rings. The number of rotatable bonds is 7. The maximum atomic E-state index is 13.2. The minimum Gasteiger partial charge on any atom is -0.306 e. The Kier molecular flexibility index (Phi) is 10.1. The molecule has 0 aliphatic heterocycles. The molecule has 0 bridgehead atoms. The maximum absolute atomic E-state index is 13.2. The minimum absolute atomic E-state index is 0.520. The molecule has 0 fully saturated rings. The van der Waals surface area contributed by atoms with Gasteiger partial charge in [0.15, 0.2) is 0 Å². The molecule has 5 heterocycles. The lowest BCUT2D eigenvalue weighted by Crippen LogP contribution is -2.18. The highest BCUT2D eigenvalue weighted by atomic mass is 15.2. The third-order valence-electron chi connectivity index (χ3n) is 17.9. The average molecular weight is 1080 g/mol. The highest BCUT2D eigenvalue weighted by molar-refractivity contribution is 6.18. The fourth-order valence-corrected chi connectivity index (χ4v) is 14.4. The number of hydrogen-bond acceptors (Lipinski definition) is 1. The van der Waals surface area contributed by atoms with Crippen LogP contribution in [-0.4, -0.2) is 22.8 Å². The average Bonchev–Trinajstić information content (AvgIpc) is 1.75. The normalized spacial score (nSPS) is 12.0. The number of nitrogens with zero attached hydrogens (tertiary/aromatic N) is 6. The fraction of sp³-hybridized carbons (Fsp3) is 0. The zero-order chi connectivity index (χ0) is 55.9. The molecule has 0 radical (unpaired) electrons. The van der Waals surface area contributed by atoms with Crippen LogP contribution in [0.4, 0.5) is 0 Å². The Balaban J connectivity index is 1.22. The third kappa shape index (κ3) is 6.63. The van der Waals surface area contributed by atoms with Crippen LogP contribution in [0.2, 0.25) is 0 Å². The summed E-state index contributed by atoms with van der Waals surface area (Å²) >= 11 is 0. The van der Waals surface area contributed by atoms with Crippen LogP contribution in [0.15, 0.2) is 291 Å². The molecule has 0 aliphatic carbocycles. The number of aromatic nitrogens is 5. The zero-order valence-electron chi connectivity index (χ0n) is 45.9. The van der Waals surface area contributed by atoms with Crippen LogP contribution in [0.5, 0.6) is 0 Å². The summed E-state index contributed by atoms with van der Waals surface area (Å²) in [4.78, 5) is 0. The van der Waals surface area contributed by atoms with Crippen molar-refractivity contribution in [2.45, 2.75) is 0 Å². The van der Waals surface area contributed by atoms with Gasteiger partial charge in [-0.3, -0.25) is 0 Å². The van der Waals surface area contributed by atoms with Crippen LogP contribution in [0, 0.1) is 11.3 Å². The van der Waals surface area contributed by atoms with Crippen molar-refractivity contribution in [3.8, 4) is 56.8 Å². The van der Waals surface area contributed by atoms with Crippen LogP contribution in [0.1, 0.15) is 5.56 Å². The minimum atomic E-state index is 0.520. The Bertz CT molecular complexity index is 5300. The van der Waals surface area contributed by atoms with Crippen molar-refractivity contribution in [3.05, 3.63) is 297 Å². The summed E-state index contributed by atoms with van der Waals surface area (Å²) in [6.07, 6.45) is 0. The fourth-order valence-electron chi connectivity index (χ4n) is 14.4. The topological polar surface area (TPSA) is 48.4 Å². The molecule has 13 aromatic carbocycles. The van der Waals surface area contributed by atoms with Gasteiger partial charge < -0.3 is 22.8 Å². The van der Waals surface area contributed by atoms with E-state index in [-0.39, 0.29) is 0 Å². The van der Waals surface area contributed by atoms with Crippen LogP contribution in [0.3, 0.4) is 0 Å². The summed E-state index contributed by atoms with van der Waals surface area (Å²) in [6.45, 7) is 0. The van der Waals surface area contributed by atoms with Gasteiger partial charge in [-0.15, -0.1) is 0 Å². The molecule has 6 nitrogen and oxygen atoms in total. The Morgan fingerprint density at radius 2 is 0.400 bits per heavy atom. The summed E-state index contributed by atoms with van der Waals surface area (Å²) < 4.78 is 12.4. The number of benzene rings is 13. The molecule has 0 saturated heterocycles. The van der Waals surface area contributed by atoms with E-state index in [1.54, 1.807) is 0 Å². The van der Waals surface area contributed by atoms with Gasteiger partial charge in [0, 0.05) is 53.9 Å². The summed E-state index contributed by atoms with van der Waals surface area (Å²) in [5.41, 5.74) is 19.2. The molecule has 18 aromatic rings. The van der Waals surface area contributed by atoms with Crippen molar-refractivity contribution < 1.29 is 0 Å². The molecule has 0 spiro atoms. The first-order chi connectivity index (χ1) is 42.2.